The van der Waals surface area contributed by atoms with Crippen LogP contribution >= 0.6 is 11.3 Å². The molecule has 2 heterocycles. The molecule has 0 spiro atoms. The third kappa shape index (κ3) is 4.68. The molecule has 0 aliphatic heterocycles. The highest BCUT2D eigenvalue weighted by Gasteiger charge is 2.14. The van der Waals surface area contributed by atoms with Gasteiger partial charge in [-0.05, 0) is 33.5 Å². The molecule has 2 aromatic heterocycles. The Labute approximate surface area is 176 Å². The smallest absolute Gasteiger partial charge is 0.0786 e. The molecule has 0 aliphatic carbocycles. The van der Waals surface area contributed by atoms with Crippen molar-refractivity contribution in [3.8, 4) is 33.5 Å². The summed E-state index contributed by atoms with van der Waals surface area (Å²) >= 11 is 1.71. The molecule has 0 bridgehead atoms. The molecule has 1 nitrogen and oxygen atoms in total. The van der Waals surface area contributed by atoms with Crippen molar-refractivity contribution < 1.29 is 0 Å². The first-order chi connectivity index (χ1) is 14.4. The number of hydrogen-bond donors (Lipinski definition) is 0. The predicted octanol–water partition coefficient (Wildman–Crippen LogP) is 7.83. The molecule has 0 fully saturated rings. The molecule has 0 atom stereocenters. The van der Waals surface area contributed by atoms with Crippen LogP contribution in [-0.4, -0.2) is 4.98 Å². The van der Waals surface area contributed by atoms with Crippen LogP contribution in [0.5, 0.6) is 0 Å². The minimum atomic E-state index is 1.02. The summed E-state index contributed by atoms with van der Waals surface area (Å²) in [6.07, 6.45) is 1.90. The second kappa shape index (κ2) is 9.63. The van der Waals surface area contributed by atoms with Gasteiger partial charge in [0.25, 0.3) is 0 Å². The minimum Gasteiger partial charge on any atom is -0.256 e. The van der Waals surface area contributed by atoms with Crippen molar-refractivity contribution in [3.05, 3.63) is 126 Å². The third-order valence-electron chi connectivity index (χ3n) is 4.57. The first-order valence-corrected chi connectivity index (χ1v) is 10.5. The van der Waals surface area contributed by atoms with E-state index in [-0.39, 0.29) is 0 Å². The number of pyridine rings is 1. The molecule has 0 saturated heterocycles. The Morgan fingerprint density at radius 1 is 0.483 bits per heavy atom. The van der Waals surface area contributed by atoms with Crippen LogP contribution in [0.1, 0.15) is 0 Å². The Hall–Kier alpha value is -3.49. The van der Waals surface area contributed by atoms with Gasteiger partial charge in [-0.1, -0.05) is 103 Å². The number of aromatic nitrogens is 1. The molecule has 0 unspecified atom stereocenters. The van der Waals surface area contributed by atoms with Crippen molar-refractivity contribution >= 4 is 11.3 Å². The molecule has 0 N–H and O–H groups in total. The van der Waals surface area contributed by atoms with Gasteiger partial charge in [0.05, 0.1) is 5.69 Å². The number of nitrogens with zero attached hydrogens (tertiary/aromatic N) is 1. The molecule has 0 aliphatic rings. The number of thiophene rings is 1. The molecule has 140 valence electrons. The summed E-state index contributed by atoms with van der Waals surface area (Å²) in [7, 11) is 0. The monoisotopic (exact) mass is 391 g/mol. The minimum absolute atomic E-state index is 1.02. The molecule has 5 rings (SSSR count). The zero-order chi connectivity index (χ0) is 19.7. The Morgan fingerprint density at radius 3 is 1.52 bits per heavy atom. The standard InChI is InChI=1S/C23H17N.C4H4S/c1-4-10-18(11-5-1)21-16-17-24-23(20-14-8-3-9-15-20)22(21)19-12-6-2-7-13-19;1-2-4-5-3-1/h1-17H;1-4H. The SMILES string of the molecule is c1ccc(-c2ccnc(-c3ccccc3)c2-c2ccccc2)cc1.c1ccsc1. The van der Waals surface area contributed by atoms with Gasteiger partial charge in [-0.2, -0.15) is 11.3 Å². The number of hydrogen-bond acceptors (Lipinski definition) is 2. The fourth-order valence-corrected chi connectivity index (χ4v) is 3.71. The van der Waals surface area contributed by atoms with Gasteiger partial charge in [0, 0.05) is 17.3 Å². The lowest BCUT2D eigenvalue weighted by atomic mass is 9.91. The molecule has 2 heteroatoms. The van der Waals surface area contributed by atoms with Crippen molar-refractivity contribution in [1.82, 2.24) is 4.98 Å². The van der Waals surface area contributed by atoms with E-state index in [1.165, 1.54) is 22.3 Å². The van der Waals surface area contributed by atoms with Crippen LogP contribution < -0.4 is 0 Å². The van der Waals surface area contributed by atoms with Crippen LogP contribution in [0.2, 0.25) is 0 Å². The molecule has 0 saturated carbocycles. The summed E-state index contributed by atoms with van der Waals surface area (Å²) in [5.41, 5.74) is 6.92. The van der Waals surface area contributed by atoms with Crippen molar-refractivity contribution in [2.24, 2.45) is 0 Å². The lowest BCUT2D eigenvalue weighted by Crippen LogP contribution is -1.93. The van der Waals surface area contributed by atoms with E-state index in [2.05, 4.69) is 78.9 Å². The maximum atomic E-state index is 4.71. The maximum absolute atomic E-state index is 4.71. The molecular weight excluding hydrogens is 370 g/mol. The van der Waals surface area contributed by atoms with Crippen LogP contribution in [0.3, 0.4) is 0 Å². The quantitative estimate of drug-likeness (QED) is 0.305. The maximum Gasteiger partial charge on any atom is 0.0786 e. The van der Waals surface area contributed by atoms with E-state index in [1.54, 1.807) is 11.3 Å². The van der Waals surface area contributed by atoms with E-state index in [0.29, 0.717) is 0 Å². The van der Waals surface area contributed by atoms with Crippen LogP contribution in [0, 0.1) is 0 Å². The van der Waals surface area contributed by atoms with E-state index in [4.69, 9.17) is 4.98 Å². The summed E-state index contributed by atoms with van der Waals surface area (Å²) in [5, 5.41) is 4.08. The zero-order valence-electron chi connectivity index (χ0n) is 16.0. The van der Waals surface area contributed by atoms with Crippen LogP contribution in [0.4, 0.5) is 0 Å². The second-order valence-corrected chi connectivity index (χ2v) is 7.29. The highest BCUT2D eigenvalue weighted by Crippen LogP contribution is 2.38. The Bertz CT molecular complexity index is 1040. The number of benzene rings is 3. The highest BCUT2D eigenvalue weighted by molar-refractivity contribution is 7.07. The molecule has 3 aromatic carbocycles. The predicted molar refractivity (Wildman–Crippen MR) is 125 cm³/mol. The van der Waals surface area contributed by atoms with Crippen molar-refractivity contribution in [3.63, 3.8) is 0 Å². The molecule has 0 radical (unpaired) electrons. The van der Waals surface area contributed by atoms with Gasteiger partial charge in [0.1, 0.15) is 0 Å². The summed E-state index contributed by atoms with van der Waals surface area (Å²) in [6, 6.07) is 37.5. The lowest BCUT2D eigenvalue weighted by Gasteiger charge is -2.15. The summed E-state index contributed by atoms with van der Waals surface area (Å²) in [6.45, 7) is 0. The summed E-state index contributed by atoms with van der Waals surface area (Å²) < 4.78 is 0. The van der Waals surface area contributed by atoms with Crippen molar-refractivity contribution in [2.45, 2.75) is 0 Å². The fourth-order valence-electron chi connectivity index (χ4n) is 3.26. The molecule has 0 amide bonds. The van der Waals surface area contributed by atoms with Crippen LogP contribution in [0.25, 0.3) is 33.5 Å². The topological polar surface area (TPSA) is 12.9 Å². The van der Waals surface area contributed by atoms with E-state index >= 15 is 0 Å². The molecule has 5 aromatic rings. The third-order valence-corrected chi connectivity index (χ3v) is 5.20. The number of rotatable bonds is 3. The first-order valence-electron chi connectivity index (χ1n) is 9.56. The zero-order valence-corrected chi connectivity index (χ0v) is 16.8. The van der Waals surface area contributed by atoms with Gasteiger partial charge < -0.3 is 0 Å². The Morgan fingerprint density at radius 2 is 1.00 bits per heavy atom. The molecular formula is C27H21NS. The van der Waals surface area contributed by atoms with Gasteiger partial charge in [-0.15, -0.1) is 0 Å². The van der Waals surface area contributed by atoms with Gasteiger partial charge in [-0.25, -0.2) is 0 Å². The Balaban J connectivity index is 0.000000359. The highest BCUT2D eigenvalue weighted by atomic mass is 32.1. The van der Waals surface area contributed by atoms with Gasteiger partial charge >= 0.3 is 0 Å². The van der Waals surface area contributed by atoms with Crippen LogP contribution in [-0.2, 0) is 0 Å². The van der Waals surface area contributed by atoms with Gasteiger partial charge in [0.2, 0.25) is 0 Å². The van der Waals surface area contributed by atoms with Crippen molar-refractivity contribution in [1.29, 1.82) is 0 Å². The van der Waals surface area contributed by atoms with Crippen LogP contribution in [0.15, 0.2) is 126 Å². The second-order valence-electron chi connectivity index (χ2n) is 6.47. The normalized spacial score (nSPS) is 10.1. The van der Waals surface area contributed by atoms with E-state index in [0.717, 1.165) is 11.3 Å². The fraction of sp³-hybridized carbons (Fsp3) is 0. The van der Waals surface area contributed by atoms with Gasteiger partial charge in [-0.3, -0.25) is 4.98 Å². The van der Waals surface area contributed by atoms with Gasteiger partial charge in [0.15, 0.2) is 0 Å². The average Bonchev–Trinajstić information content (AvgIpc) is 3.41. The Kier molecular flexibility index (Phi) is 6.26. The molecule has 29 heavy (non-hydrogen) atoms. The van der Waals surface area contributed by atoms with E-state index in [1.807, 2.05) is 47.3 Å². The van der Waals surface area contributed by atoms with E-state index < -0.39 is 0 Å². The lowest BCUT2D eigenvalue weighted by molar-refractivity contribution is 1.32. The summed E-state index contributed by atoms with van der Waals surface area (Å²) in [4.78, 5) is 4.71. The first kappa shape index (κ1) is 18.9. The summed E-state index contributed by atoms with van der Waals surface area (Å²) in [5.74, 6) is 0. The van der Waals surface area contributed by atoms with E-state index in [9.17, 15) is 0 Å². The average molecular weight is 392 g/mol. The largest absolute Gasteiger partial charge is 0.256 e. The van der Waals surface area contributed by atoms with Crippen molar-refractivity contribution in [2.75, 3.05) is 0 Å².